The number of unbranched alkanes of at least 4 members (excludes halogenated alkanes) is 1. The maximum Gasteiger partial charge on any atom is 0.223 e. The third-order valence-corrected chi connectivity index (χ3v) is 3.26. The van der Waals surface area contributed by atoms with Crippen LogP contribution in [-0.2, 0) is 11.3 Å². The van der Waals surface area contributed by atoms with Crippen LogP contribution in [0, 0.1) is 0 Å². The number of rotatable bonds is 6. The lowest BCUT2D eigenvalue weighted by molar-refractivity contribution is -0.116. The molecule has 1 aromatic carbocycles. The van der Waals surface area contributed by atoms with Gasteiger partial charge in [0.25, 0.3) is 0 Å². The van der Waals surface area contributed by atoms with Gasteiger partial charge in [0.05, 0.1) is 6.33 Å². The minimum Gasteiger partial charge on any atom is -0.333 e. The van der Waals surface area contributed by atoms with E-state index >= 15 is 0 Å². The van der Waals surface area contributed by atoms with Gasteiger partial charge in [-0.2, -0.15) is 0 Å². The molecule has 4 heteroatoms. The van der Waals surface area contributed by atoms with E-state index in [1.54, 1.807) is 19.4 Å². The quantitative estimate of drug-likeness (QED) is 0.787. The normalized spacial score (nSPS) is 9.91. The fourth-order valence-corrected chi connectivity index (χ4v) is 2.20. The fourth-order valence-electron chi connectivity index (χ4n) is 2.20. The Morgan fingerprint density at radius 2 is 2.00 bits per heavy atom. The van der Waals surface area contributed by atoms with Crippen LogP contribution in [0.2, 0.25) is 0 Å². The van der Waals surface area contributed by atoms with Gasteiger partial charge in [0, 0.05) is 38.1 Å². The largest absolute Gasteiger partial charge is 0.333 e. The van der Waals surface area contributed by atoms with Crippen molar-refractivity contribution >= 4 is 11.6 Å². The van der Waals surface area contributed by atoms with Crippen LogP contribution in [0.5, 0.6) is 0 Å². The number of carbonyl (C=O) groups is 1. The van der Waals surface area contributed by atoms with Crippen LogP contribution >= 0.6 is 0 Å². The molecule has 0 saturated carbocycles. The summed E-state index contributed by atoms with van der Waals surface area (Å²) in [6.07, 6.45) is 8.86. The van der Waals surface area contributed by atoms with Crippen molar-refractivity contribution in [3.8, 4) is 0 Å². The van der Waals surface area contributed by atoms with Gasteiger partial charge >= 0.3 is 0 Å². The van der Waals surface area contributed by atoms with E-state index in [1.165, 1.54) is 12.0 Å². The molecule has 0 radical (unpaired) electrons. The highest BCUT2D eigenvalue weighted by Gasteiger charge is 2.11. The summed E-state index contributed by atoms with van der Waals surface area (Å²) in [5, 5.41) is 0. The van der Waals surface area contributed by atoms with E-state index in [1.807, 2.05) is 27.8 Å². The third-order valence-electron chi connectivity index (χ3n) is 3.26. The Hall–Kier alpha value is -2.10. The molecule has 0 bridgehead atoms. The van der Waals surface area contributed by atoms with Crippen LogP contribution in [0.1, 0.15) is 52.5 Å². The first-order valence-electron chi connectivity index (χ1n) is 8.45. The minimum atomic E-state index is 0.0956. The van der Waals surface area contributed by atoms with Gasteiger partial charge in [0.15, 0.2) is 0 Å². The number of carbonyl (C=O) groups excluding carboxylic acids is 1. The highest BCUT2D eigenvalue weighted by molar-refractivity contribution is 5.91. The van der Waals surface area contributed by atoms with Crippen molar-refractivity contribution in [2.24, 2.45) is 0 Å². The highest BCUT2D eigenvalue weighted by atomic mass is 16.2. The molecule has 0 N–H and O–H groups in total. The predicted molar refractivity (Wildman–Crippen MR) is 96.7 cm³/mol. The van der Waals surface area contributed by atoms with Crippen molar-refractivity contribution in [3.05, 3.63) is 48.5 Å². The van der Waals surface area contributed by atoms with E-state index < -0.39 is 0 Å². The summed E-state index contributed by atoms with van der Waals surface area (Å²) in [6.45, 7) is 9.56. The Kier molecular flexibility index (Phi) is 8.73. The molecular formula is C19H29N3O. The van der Waals surface area contributed by atoms with E-state index in [9.17, 15) is 4.79 Å². The zero-order valence-corrected chi connectivity index (χ0v) is 14.8. The lowest BCUT2D eigenvalue weighted by atomic mass is 10.1. The summed E-state index contributed by atoms with van der Waals surface area (Å²) >= 11 is 0. The SMILES string of the molecule is CCC.CCCCN(C(C)=O)c1cccc(Cn2ccnc2)c1. The van der Waals surface area contributed by atoms with Crippen molar-refractivity contribution in [1.82, 2.24) is 9.55 Å². The van der Waals surface area contributed by atoms with Gasteiger partial charge in [-0.1, -0.05) is 45.7 Å². The van der Waals surface area contributed by atoms with Crippen molar-refractivity contribution in [1.29, 1.82) is 0 Å². The Labute approximate surface area is 140 Å². The third kappa shape index (κ3) is 6.68. The molecule has 0 unspecified atom stereocenters. The first kappa shape index (κ1) is 18.9. The standard InChI is InChI=1S/C16H21N3O.C3H8/c1-3-4-9-19(14(2)20)16-7-5-6-15(11-16)12-18-10-8-17-13-18;1-3-2/h5-8,10-11,13H,3-4,9,12H2,1-2H3;3H2,1-2H3. The number of amides is 1. The molecule has 4 nitrogen and oxygen atoms in total. The molecule has 2 aromatic rings. The number of hydrogen-bond acceptors (Lipinski definition) is 2. The van der Waals surface area contributed by atoms with Gasteiger partial charge in [0.1, 0.15) is 0 Å². The Balaban J connectivity index is 0.000000816. The number of anilines is 1. The maximum atomic E-state index is 11.8. The van der Waals surface area contributed by atoms with Gasteiger partial charge in [-0.05, 0) is 24.1 Å². The summed E-state index contributed by atoms with van der Waals surface area (Å²) in [6, 6.07) is 8.15. The molecule has 1 heterocycles. The van der Waals surface area contributed by atoms with Crippen LogP contribution in [0.15, 0.2) is 43.0 Å². The number of hydrogen-bond donors (Lipinski definition) is 0. The first-order valence-corrected chi connectivity index (χ1v) is 8.45. The summed E-state index contributed by atoms with van der Waals surface area (Å²) in [5.41, 5.74) is 2.15. The molecule has 0 atom stereocenters. The van der Waals surface area contributed by atoms with E-state index in [-0.39, 0.29) is 5.91 Å². The molecule has 1 aromatic heterocycles. The van der Waals surface area contributed by atoms with Crippen LogP contribution < -0.4 is 4.90 Å². The number of imidazole rings is 1. The molecule has 0 spiro atoms. The minimum absolute atomic E-state index is 0.0956. The highest BCUT2D eigenvalue weighted by Crippen LogP contribution is 2.18. The molecule has 2 rings (SSSR count). The van der Waals surface area contributed by atoms with Crippen LogP contribution in [-0.4, -0.2) is 22.0 Å². The van der Waals surface area contributed by atoms with E-state index in [4.69, 9.17) is 0 Å². The molecule has 126 valence electrons. The molecule has 0 aliphatic heterocycles. The Morgan fingerprint density at radius 1 is 1.26 bits per heavy atom. The Bertz CT molecular complexity index is 564. The fraction of sp³-hybridized carbons (Fsp3) is 0.474. The topological polar surface area (TPSA) is 38.1 Å². The zero-order valence-electron chi connectivity index (χ0n) is 14.8. The van der Waals surface area contributed by atoms with Crippen molar-refractivity contribution in [2.75, 3.05) is 11.4 Å². The number of benzene rings is 1. The number of aromatic nitrogens is 2. The predicted octanol–water partition coefficient (Wildman–Crippen LogP) is 4.50. The molecule has 0 fully saturated rings. The summed E-state index contributed by atoms with van der Waals surface area (Å²) < 4.78 is 2.02. The second-order valence-electron chi connectivity index (χ2n) is 5.64. The summed E-state index contributed by atoms with van der Waals surface area (Å²) in [5.74, 6) is 0.0956. The molecule has 0 aliphatic carbocycles. The molecule has 1 amide bonds. The van der Waals surface area contributed by atoms with Crippen molar-refractivity contribution in [3.63, 3.8) is 0 Å². The molecule has 0 saturated heterocycles. The van der Waals surface area contributed by atoms with E-state index in [0.717, 1.165) is 31.6 Å². The van der Waals surface area contributed by atoms with E-state index in [0.29, 0.717) is 0 Å². The van der Waals surface area contributed by atoms with Gasteiger partial charge < -0.3 is 9.47 Å². The lowest BCUT2D eigenvalue weighted by Gasteiger charge is -2.21. The van der Waals surface area contributed by atoms with Crippen molar-refractivity contribution < 1.29 is 4.79 Å². The van der Waals surface area contributed by atoms with Crippen molar-refractivity contribution in [2.45, 2.75) is 53.5 Å². The van der Waals surface area contributed by atoms with Crippen LogP contribution in [0.25, 0.3) is 0 Å². The van der Waals surface area contributed by atoms with Gasteiger partial charge in [-0.25, -0.2) is 4.98 Å². The molecule has 23 heavy (non-hydrogen) atoms. The molecular weight excluding hydrogens is 286 g/mol. The van der Waals surface area contributed by atoms with Crippen LogP contribution in [0.3, 0.4) is 0 Å². The average molecular weight is 315 g/mol. The van der Waals surface area contributed by atoms with Gasteiger partial charge in [0.2, 0.25) is 5.91 Å². The van der Waals surface area contributed by atoms with Crippen LogP contribution in [0.4, 0.5) is 5.69 Å². The number of nitrogens with zero attached hydrogens (tertiary/aromatic N) is 3. The average Bonchev–Trinajstić information content (AvgIpc) is 3.01. The molecule has 0 aliphatic rings. The second kappa shape index (κ2) is 10.6. The van der Waals surface area contributed by atoms with Gasteiger partial charge in [-0.3, -0.25) is 4.79 Å². The first-order chi connectivity index (χ1) is 11.1. The zero-order chi connectivity index (χ0) is 17.1. The Morgan fingerprint density at radius 3 is 2.57 bits per heavy atom. The second-order valence-corrected chi connectivity index (χ2v) is 5.64. The monoisotopic (exact) mass is 315 g/mol. The van der Waals surface area contributed by atoms with E-state index in [2.05, 4.69) is 37.9 Å². The lowest BCUT2D eigenvalue weighted by Crippen LogP contribution is -2.29. The summed E-state index contributed by atoms with van der Waals surface area (Å²) in [4.78, 5) is 17.7. The maximum absolute atomic E-state index is 11.8. The smallest absolute Gasteiger partial charge is 0.223 e. The summed E-state index contributed by atoms with van der Waals surface area (Å²) in [7, 11) is 0. The van der Waals surface area contributed by atoms with Gasteiger partial charge in [-0.15, -0.1) is 0 Å².